The van der Waals surface area contributed by atoms with Crippen molar-refractivity contribution >= 4 is 35.8 Å². The second-order valence-electron chi connectivity index (χ2n) is 7.80. The number of ether oxygens (including phenoxy) is 2. The van der Waals surface area contributed by atoms with E-state index in [-0.39, 0.29) is 36.0 Å². The average molecular weight is 566 g/mol. The van der Waals surface area contributed by atoms with Crippen molar-refractivity contribution in [2.45, 2.75) is 51.8 Å². The summed E-state index contributed by atoms with van der Waals surface area (Å²) in [6.07, 6.45) is 4.85. The number of halogens is 1. The number of amides is 1. The standard InChI is InChI=1S/C25H34N4O3.HI/c1-4-27-25(28-16-18-9-7-10-19(15-18)24(30)26-2)29-17-20-11-8-14-22(31-3)23(20)32-21-12-5-6-13-21;/h7-11,14-15,21H,4-6,12-13,16-17H2,1-3H3,(H,26,30)(H2,27,28,29);1H. The van der Waals surface area contributed by atoms with Gasteiger partial charge in [-0.05, 0) is 56.4 Å². The van der Waals surface area contributed by atoms with Crippen LogP contribution in [0.1, 0.15) is 54.1 Å². The fourth-order valence-corrected chi connectivity index (χ4v) is 3.81. The lowest BCUT2D eigenvalue weighted by Crippen LogP contribution is -2.37. The van der Waals surface area contributed by atoms with Crippen molar-refractivity contribution in [1.82, 2.24) is 16.0 Å². The molecule has 0 radical (unpaired) electrons. The van der Waals surface area contributed by atoms with Gasteiger partial charge in [0, 0.05) is 31.3 Å². The third-order valence-corrected chi connectivity index (χ3v) is 5.49. The number of hydrogen-bond acceptors (Lipinski definition) is 4. The van der Waals surface area contributed by atoms with E-state index in [1.54, 1.807) is 20.2 Å². The van der Waals surface area contributed by atoms with Crippen molar-refractivity contribution in [2.75, 3.05) is 20.7 Å². The molecule has 1 saturated carbocycles. The minimum atomic E-state index is -0.103. The molecule has 1 aliphatic carbocycles. The van der Waals surface area contributed by atoms with E-state index in [0.29, 0.717) is 24.6 Å². The van der Waals surface area contributed by atoms with Gasteiger partial charge in [-0.1, -0.05) is 24.3 Å². The summed E-state index contributed by atoms with van der Waals surface area (Å²) in [7, 11) is 3.30. The Morgan fingerprint density at radius 2 is 1.88 bits per heavy atom. The summed E-state index contributed by atoms with van der Waals surface area (Å²) in [5.41, 5.74) is 2.63. The van der Waals surface area contributed by atoms with E-state index >= 15 is 0 Å². The summed E-state index contributed by atoms with van der Waals surface area (Å²) in [5, 5.41) is 9.33. The van der Waals surface area contributed by atoms with E-state index in [1.807, 2.05) is 37.3 Å². The normalized spacial score (nSPS) is 13.7. The first kappa shape index (κ1) is 26.8. The first-order valence-electron chi connectivity index (χ1n) is 11.3. The third kappa shape index (κ3) is 7.80. The molecule has 1 amide bonds. The summed E-state index contributed by atoms with van der Waals surface area (Å²) in [4.78, 5) is 16.6. The van der Waals surface area contributed by atoms with Gasteiger partial charge in [-0.25, -0.2) is 4.99 Å². The van der Waals surface area contributed by atoms with E-state index in [2.05, 4.69) is 22.0 Å². The van der Waals surface area contributed by atoms with Gasteiger partial charge in [0.15, 0.2) is 17.5 Å². The predicted octanol–water partition coefficient (Wildman–Crippen LogP) is 4.25. The average Bonchev–Trinajstić information content (AvgIpc) is 3.34. The number of aliphatic imine (C=N–C) groups is 1. The molecule has 180 valence electrons. The monoisotopic (exact) mass is 566 g/mol. The van der Waals surface area contributed by atoms with Crippen LogP contribution in [-0.2, 0) is 13.1 Å². The number of methoxy groups -OCH3 is 1. The molecule has 0 aromatic heterocycles. The number of guanidine groups is 1. The lowest BCUT2D eigenvalue weighted by Gasteiger charge is -2.20. The van der Waals surface area contributed by atoms with Crippen molar-refractivity contribution in [2.24, 2.45) is 4.99 Å². The fourth-order valence-electron chi connectivity index (χ4n) is 3.81. The second-order valence-corrected chi connectivity index (χ2v) is 7.80. The van der Waals surface area contributed by atoms with Crippen molar-refractivity contribution in [1.29, 1.82) is 0 Å². The molecule has 33 heavy (non-hydrogen) atoms. The predicted molar refractivity (Wildman–Crippen MR) is 143 cm³/mol. The first-order chi connectivity index (χ1) is 15.6. The number of rotatable bonds is 9. The first-order valence-corrected chi connectivity index (χ1v) is 11.3. The summed E-state index contributed by atoms with van der Waals surface area (Å²) >= 11 is 0. The maximum Gasteiger partial charge on any atom is 0.251 e. The van der Waals surface area contributed by atoms with Gasteiger partial charge in [0.05, 0.1) is 19.8 Å². The minimum Gasteiger partial charge on any atom is -0.493 e. The Balaban J connectivity index is 0.00000385. The van der Waals surface area contributed by atoms with Crippen LogP contribution in [0.3, 0.4) is 0 Å². The Hall–Kier alpha value is -2.49. The lowest BCUT2D eigenvalue weighted by atomic mass is 10.1. The van der Waals surface area contributed by atoms with Gasteiger partial charge >= 0.3 is 0 Å². The highest BCUT2D eigenvalue weighted by molar-refractivity contribution is 14.0. The van der Waals surface area contributed by atoms with Crippen molar-refractivity contribution < 1.29 is 14.3 Å². The molecule has 3 rings (SSSR count). The van der Waals surface area contributed by atoms with E-state index < -0.39 is 0 Å². The van der Waals surface area contributed by atoms with Crippen LogP contribution in [0.15, 0.2) is 47.5 Å². The van der Waals surface area contributed by atoms with E-state index in [9.17, 15) is 4.79 Å². The highest BCUT2D eigenvalue weighted by Crippen LogP contribution is 2.34. The van der Waals surface area contributed by atoms with Gasteiger partial charge in [-0.15, -0.1) is 24.0 Å². The summed E-state index contributed by atoms with van der Waals surface area (Å²) in [5.74, 6) is 2.16. The zero-order chi connectivity index (χ0) is 22.8. The van der Waals surface area contributed by atoms with E-state index in [4.69, 9.17) is 14.5 Å². The van der Waals surface area contributed by atoms with Crippen LogP contribution in [0.5, 0.6) is 11.5 Å². The van der Waals surface area contributed by atoms with Crippen LogP contribution >= 0.6 is 24.0 Å². The highest BCUT2D eigenvalue weighted by atomic mass is 127. The molecule has 0 heterocycles. The number of benzene rings is 2. The Kier molecular flexibility index (Phi) is 11.3. The van der Waals surface area contributed by atoms with E-state index in [0.717, 1.165) is 42.0 Å². The molecular formula is C25H35IN4O3. The quantitative estimate of drug-likeness (QED) is 0.240. The molecular weight excluding hydrogens is 531 g/mol. The van der Waals surface area contributed by atoms with Gasteiger partial charge < -0.3 is 25.4 Å². The molecule has 0 unspecified atom stereocenters. The Bertz CT molecular complexity index is 930. The minimum absolute atomic E-state index is 0. The fraction of sp³-hybridized carbons (Fsp3) is 0.440. The van der Waals surface area contributed by atoms with Gasteiger partial charge in [0.1, 0.15) is 0 Å². The smallest absolute Gasteiger partial charge is 0.251 e. The van der Waals surface area contributed by atoms with Gasteiger partial charge in [-0.2, -0.15) is 0 Å². The molecule has 8 heteroatoms. The second kappa shape index (κ2) is 13.9. The van der Waals surface area contributed by atoms with Gasteiger partial charge in [0.25, 0.3) is 5.91 Å². The third-order valence-electron chi connectivity index (χ3n) is 5.49. The molecule has 0 aliphatic heterocycles. The number of carbonyl (C=O) groups is 1. The Labute approximate surface area is 213 Å². The largest absolute Gasteiger partial charge is 0.493 e. The van der Waals surface area contributed by atoms with Gasteiger partial charge in [0.2, 0.25) is 0 Å². The van der Waals surface area contributed by atoms with Crippen LogP contribution in [0, 0.1) is 0 Å². The number of carbonyl (C=O) groups excluding carboxylic acids is 1. The van der Waals surface area contributed by atoms with E-state index in [1.165, 1.54) is 12.8 Å². The molecule has 0 atom stereocenters. The van der Waals surface area contributed by atoms with Crippen LogP contribution in [0.4, 0.5) is 0 Å². The molecule has 3 N–H and O–H groups in total. The van der Waals surface area contributed by atoms with Crippen LogP contribution < -0.4 is 25.4 Å². The molecule has 0 spiro atoms. The molecule has 1 fully saturated rings. The maximum atomic E-state index is 11.9. The maximum absolute atomic E-state index is 11.9. The molecule has 1 aliphatic rings. The van der Waals surface area contributed by atoms with Crippen molar-refractivity contribution in [3.8, 4) is 11.5 Å². The number of hydrogen-bond donors (Lipinski definition) is 3. The molecule has 7 nitrogen and oxygen atoms in total. The van der Waals surface area contributed by atoms with Crippen molar-refractivity contribution in [3.63, 3.8) is 0 Å². The molecule has 2 aromatic rings. The van der Waals surface area contributed by atoms with Crippen LogP contribution in [0.2, 0.25) is 0 Å². The summed E-state index contributed by atoms with van der Waals surface area (Å²) in [6, 6.07) is 13.5. The number of para-hydroxylation sites is 1. The van der Waals surface area contributed by atoms with Crippen LogP contribution in [-0.4, -0.2) is 38.7 Å². The number of nitrogens with zero attached hydrogens (tertiary/aromatic N) is 1. The molecule has 0 bridgehead atoms. The summed E-state index contributed by atoms with van der Waals surface area (Å²) < 4.78 is 11.9. The van der Waals surface area contributed by atoms with Crippen molar-refractivity contribution in [3.05, 3.63) is 59.2 Å². The summed E-state index contributed by atoms with van der Waals surface area (Å²) in [6.45, 7) is 3.80. The highest BCUT2D eigenvalue weighted by Gasteiger charge is 2.20. The zero-order valence-electron chi connectivity index (χ0n) is 19.6. The molecule has 2 aromatic carbocycles. The molecule has 0 saturated heterocycles. The Morgan fingerprint density at radius 3 is 2.58 bits per heavy atom. The number of nitrogens with one attached hydrogen (secondary N) is 3. The van der Waals surface area contributed by atoms with Crippen LogP contribution in [0.25, 0.3) is 0 Å². The Morgan fingerprint density at radius 1 is 1.12 bits per heavy atom. The topological polar surface area (TPSA) is 84.0 Å². The zero-order valence-corrected chi connectivity index (χ0v) is 22.0. The van der Waals surface area contributed by atoms with Gasteiger partial charge in [-0.3, -0.25) is 4.79 Å². The SMILES string of the molecule is CCNC(=NCc1cccc(C(=O)NC)c1)NCc1cccc(OC)c1OC1CCCC1.I. The lowest BCUT2D eigenvalue weighted by molar-refractivity contribution is 0.0963.